The van der Waals surface area contributed by atoms with Crippen molar-refractivity contribution in [2.45, 2.75) is 23.8 Å². The first-order chi connectivity index (χ1) is 11.9. The lowest BCUT2D eigenvalue weighted by Crippen LogP contribution is -3.12. The second-order valence-corrected chi connectivity index (χ2v) is 8.94. The Morgan fingerprint density at radius 3 is 2.60 bits per heavy atom. The van der Waals surface area contributed by atoms with E-state index < -0.39 is 10.0 Å². The number of benzene rings is 1. The van der Waals surface area contributed by atoms with Crippen LogP contribution >= 0.6 is 12.2 Å². The molecule has 1 heterocycles. The summed E-state index contributed by atoms with van der Waals surface area (Å²) in [4.78, 5) is 1.60. The van der Waals surface area contributed by atoms with Gasteiger partial charge in [-0.1, -0.05) is 0 Å². The van der Waals surface area contributed by atoms with Gasteiger partial charge in [-0.05, 0) is 43.3 Å². The average Bonchev–Trinajstić information content (AvgIpc) is 3.39. The molecule has 7 nitrogen and oxygen atoms in total. The van der Waals surface area contributed by atoms with Crippen LogP contribution < -0.4 is 20.3 Å². The SMILES string of the molecule is COc1ccc(S(=O)(=O)N2CC[NH+](C)CC2)cc1NC(=S)NC1CC1. The minimum Gasteiger partial charge on any atom is -0.495 e. The number of methoxy groups -OCH3 is 1. The fourth-order valence-corrected chi connectivity index (χ4v) is 4.52. The lowest BCUT2D eigenvalue weighted by Gasteiger charge is -2.29. The van der Waals surface area contributed by atoms with Crippen molar-refractivity contribution < 1.29 is 18.1 Å². The number of ether oxygens (including phenoxy) is 1. The Labute approximate surface area is 154 Å². The number of hydrogen-bond acceptors (Lipinski definition) is 4. The Balaban J connectivity index is 1.81. The molecule has 9 heteroatoms. The van der Waals surface area contributed by atoms with Crippen LogP contribution in [0.15, 0.2) is 23.1 Å². The van der Waals surface area contributed by atoms with Crippen LogP contribution in [0.5, 0.6) is 5.75 Å². The maximum Gasteiger partial charge on any atom is 0.243 e. The van der Waals surface area contributed by atoms with E-state index in [1.807, 2.05) is 0 Å². The van der Waals surface area contributed by atoms with Gasteiger partial charge in [0.15, 0.2) is 5.11 Å². The Kier molecular flexibility index (Phi) is 5.47. The van der Waals surface area contributed by atoms with Crippen molar-refractivity contribution in [1.82, 2.24) is 9.62 Å². The number of hydrogen-bond donors (Lipinski definition) is 3. The Morgan fingerprint density at radius 1 is 1.32 bits per heavy atom. The maximum absolute atomic E-state index is 12.9. The van der Waals surface area contributed by atoms with Crippen LogP contribution in [-0.2, 0) is 10.0 Å². The standard InChI is InChI=1S/C16H24N4O3S2/c1-19-7-9-20(10-8-19)25(21,22)13-5-6-15(23-2)14(11-13)18-16(24)17-12-3-4-12/h5-6,11-12H,3-4,7-10H2,1-2H3,(H2,17,18,24)/p+1. The molecule has 1 aromatic carbocycles. The highest BCUT2D eigenvalue weighted by Crippen LogP contribution is 2.29. The average molecular weight is 386 g/mol. The first-order valence-corrected chi connectivity index (χ1v) is 10.3. The highest BCUT2D eigenvalue weighted by atomic mass is 32.2. The molecule has 1 saturated heterocycles. The quantitative estimate of drug-likeness (QED) is 0.603. The Hall–Kier alpha value is -1.42. The molecular weight excluding hydrogens is 360 g/mol. The van der Waals surface area contributed by atoms with Crippen molar-refractivity contribution in [1.29, 1.82) is 0 Å². The number of nitrogens with zero attached hydrogens (tertiary/aromatic N) is 1. The van der Waals surface area contributed by atoms with Gasteiger partial charge in [0, 0.05) is 6.04 Å². The number of anilines is 1. The fraction of sp³-hybridized carbons (Fsp3) is 0.562. The highest BCUT2D eigenvalue weighted by Gasteiger charge is 2.30. The number of sulfonamides is 1. The van der Waals surface area contributed by atoms with Gasteiger partial charge in [0.05, 0.1) is 50.9 Å². The van der Waals surface area contributed by atoms with Crippen molar-refractivity contribution in [3.8, 4) is 5.75 Å². The molecule has 0 radical (unpaired) electrons. The number of likely N-dealkylation sites (N-methyl/N-ethyl adjacent to an activating group) is 1. The van der Waals surface area contributed by atoms with Gasteiger partial charge in [-0.15, -0.1) is 0 Å². The number of thiocarbonyl (C=S) groups is 1. The van der Waals surface area contributed by atoms with E-state index in [0.29, 0.717) is 35.7 Å². The third-order valence-corrected chi connectivity index (χ3v) is 6.66. The molecule has 0 aromatic heterocycles. The van der Waals surface area contributed by atoms with Crippen LogP contribution in [0.25, 0.3) is 0 Å². The van der Waals surface area contributed by atoms with Crippen molar-refractivity contribution in [2.24, 2.45) is 0 Å². The van der Waals surface area contributed by atoms with Gasteiger partial charge < -0.3 is 20.3 Å². The second-order valence-electron chi connectivity index (χ2n) is 6.60. The van der Waals surface area contributed by atoms with Gasteiger partial charge in [0.2, 0.25) is 10.0 Å². The fourth-order valence-electron chi connectivity index (χ4n) is 2.77. The summed E-state index contributed by atoms with van der Waals surface area (Å²) < 4.78 is 32.7. The summed E-state index contributed by atoms with van der Waals surface area (Å²) >= 11 is 5.29. The molecular formula is C16H25N4O3S2+. The van der Waals surface area contributed by atoms with E-state index in [1.54, 1.807) is 29.6 Å². The van der Waals surface area contributed by atoms with Gasteiger partial charge >= 0.3 is 0 Å². The van der Waals surface area contributed by atoms with Gasteiger partial charge in [-0.3, -0.25) is 0 Å². The van der Waals surface area contributed by atoms with E-state index >= 15 is 0 Å². The van der Waals surface area contributed by atoms with Crippen molar-refractivity contribution in [3.63, 3.8) is 0 Å². The zero-order valence-electron chi connectivity index (χ0n) is 14.5. The third kappa shape index (κ3) is 4.41. The molecule has 0 atom stereocenters. The lowest BCUT2D eigenvalue weighted by atomic mass is 10.3. The molecule has 3 N–H and O–H groups in total. The summed E-state index contributed by atoms with van der Waals surface area (Å²) in [6, 6.07) is 5.27. The number of nitrogens with one attached hydrogen (secondary N) is 3. The van der Waals surface area contributed by atoms with E-state index in [4.69, 9.17) is 17.0 Å². The molecule has 2 aliphatic rings. The van der Waals surface area contributed by atoms with Gasteiger partial charge in [0.1, 0.15) is 5.75 Å². The predicted molar refractivity (Wildman–Crippen MR) is 101 cm³/mol. The van der Waals surface area contributed by atoms with Crippen molar-refractivity contribution in [2.75, 3.05) is 45.7 Å². The number of rotatable bonds is 5. The first kappa shape index (κ1) is 18.4. The zero-order chi connectivity index (χ0) is 18.0. The van der Waals surface area contributed by atoms with Crippen molar-refractivity contribution in [3.05, 3.63) is 18.2 Å². The maximum atomic E-state index is 12.9. The van der Waals surface area contributed by atoms with Crippen LogP contribution in [0.2, 0.25) is 0 Å². The van der Waals surface area contributed by atoms with Crippen LogP contribution in [0.3, 0.4) is 0 Å². The lowest BCUT2D eigenvalue weighted by molar-refractivity contribution is -0.883. The monoisotopic (exact) mass is 385 g/mol. The van der Waals surface area contributed by atoms with Crippen LogP contribution in [0, 0.1) is 0 Å². The molecule has 0 amide bonds. The first-order valence-electron chi connectivity index (χ1n) is 8.47. The zero-order valence-corrected chi connectivity index (χ0v) is 16.2. The van der Waals surface area contributed by atoms with E-state index in [0.717, 1.165) is 25.9 Å². The Bertz CT molecular complexity index is 742. The third-order valence-electron chi connectivity index (χ3n) is 4.55. The summed E-state index contributed by atoms with van der Waals surface area (Å²) in [5.74, 6) is 0.557. The van der Waals surface area contributed by atoms with Crippen LogP contribution in [-0.4, -0.2) is 64.2 Å². The summed E-state index contributed by atoms with van der Waals surface area (Å²) in [7, 11) is 0.109. The minimum atomic E-state index is -3.52. The molecule has 0 spiro atoms. The Morgan fingerprint density at radius 2 is 2.00 bits per heavy atom. The molecule has 1 aliphatic heterocycles. The normalized spacial score (nSPS) is 19.4. The molecule has 2 fully saturated rings. The second kappa shape index (κ2) is 7.45. The molecule has 1 aliphatic carbocycles. The van der Waals surface area contributed by atoms with E-state index in [1.165, 1.54) is 4.90 Å². The number of piperazine rings is 1. The summed E-state index contributed by atoms with van der Waals surface area (Å²) in [5, 5.41) is 6.73. The van der Waals surface area contributed by atoms with Crippen LogP contribution in [0.1, 0.15) is 12.8 Å². The van der Waals surface area contributed by atoms with Crippen LogP contribution in [0.4, 0.5) is 5.69 Å². The van der Waals surface area contributed by atoms with Crippen molar-refractivity contribution >= 4 is 33.0 Å². The van der Waals surface area contributed by atoms with E-state index in [-0.39, 0.29) is 4.90 Å². The smallest absolute Gasteiger partial charge is 0.243 e. The molecule has 1 saturated carbocycles. The molecule has 25 heavy (non-hydrogen) atoms. The largest absolute Gasteiger partial charge is 0.495 e. The molecule has 1 aromatic rings. The molecule has 138 valence electrons. The van der Waals surface area contributed by atoms with E-state index in [2.05, 4.69) is 17.7 Å². The molecule has 0 unspecified atom stereocenters. The number of quaternary nitrogens is 1. The van der Waals surface area contributed by atoms with Gasteiger partial charge in [-0.2, -0.15) is 4.31 Å². The summed E-state index contributed by atoms with van der Waals surface area (Å²) in [5.41, 5.74) is 0.557. The highest BCUT2D eigenvalue weighted by molar-refractivity contribution is 7.89. The summed E-state index contributed by atoms with van der Waals surface area (Å²) in [6.45, 7) is 2.70. The van der Waals surface area contributed by atoms with Gasteiger partial charge in [0.25, 0.3) is 0 Å². The molecule has 0 bridgehead atoms. The topological polar surface area (TPSA) is 75.1 Å². The predicted octanol–water partition coefficient (Wildman–Crippen LogP) is -0.337. The molecule has 3 rings (SSSR count). The summed E-state index contributed by atoms with van der Waals surface area (Å²) in [6.07, 6.45) is 2.22. The van der Waals surface area contributed by atoms with E-state index in [9.17, 15) is 8.42 Å². The minimum absolute atomic E-state index is 0.254. The van der Waals surface area contributed by atoms with Gasteiger partial charge in [-0.25, -0.2) is 8.42 Å².